The first-order valence-electron chi connectivity index (χ1n) is 15.8. The van der Waals surface area contributed by atoms with Gasteiger partial charge in [-0.15, -0.1) is 0 Å². The predicted octanol–water partition coefficient (Wildman–Crippen LogP) is 5.97. The fourth-order valence-electron chi connectivity index (χ4n) is 5.60. The smallest absolute Gasteiger partial charge is 0.247 e. The first-order chi connectivity index (χ1) is 25.4. The van der Waals surface area contributed by atoms with Crippen molar-refractivity contribution in [2.24, 2.45) is 0 Å². The summed E-state index contributed by atoms with van der Waals surface area (Å²) in [4.78, 5) is 30.5. The van der Waals surface area contributed by atoms with Gasteiger partial charge in [0.15, 0.2) is 17.0 Å². The summed E-state index contributed by atoms with van der Waals surface area (Å²) in [7, 11) is -3.62. The average molecular weight is 751 g/mol. The third kappa shape index (κ3) is 6.91. The second-order valence-electron chi connectivity index (χ2n) is 11.7. The molecule has 17 heteroatoms. The lowest BCUT2D eigenvalue weighted by molar-refractivity contribution is -0.611. The summed E-state index contributed by atoms with van der Waals surface area (Å²) in [6.45, 7) is 3.53. The lowest BCUT2D eigenvalue weighted by atomic mass is 10.1. The number of thioether (sulfide) groups is 1. The number of imidazole rings is 2. The Morgan fingerprint density at radius 3 is 1.83 bits per heavy atom. The van der Waals surface area contributed by atoms with E-state index in [-0.39, 0.29) is 11.0 Å². The zero-order chi connectivity index (χ0) is 37.4. The molecule has 0 radical (unpaired) electrons. The Bertz CT molecular complexity index is 2760. The van der Waals surface area contributed by atoms with Gasteiger partial charge in [-0.2, -0.15) is 4.73 Å². The normalized spacial score (nSPS) is 11.5. The Labute approximate surface area is 305 Å². The Morgan fingerprint density at radius 2 is 1.25 bits per heavy atom. The average Bonchev–Trinajstić information content (AvgIpc) is 3.75. The molecule has 2 aromatic carbocycles. The zero-order valence-electron chi connectivity index (χ0n) is 28.5. The van der Waals surface area contributed by atoms with E-state index in [1.807, 2.05) is 29.8 Å². The van der Waals surface area contributed by atoms with Gasteiger partial charge in [0.25, 0.3) is 0 Å². The number of aryl methyl sites for hydroxylation is 2. The number of sulfone groups is 1. The minimum atomic E-state index is -3.62. The number of benzene rings is 2. The Kier molecular flexibility index (Phi) is 9.35. The molecule has 13 nitrogen and oxygen atoms in total. The number of aromatic nitrogens is 10. The molecule has 0 bridgehead atoms. The van der Waals surface area contributed by atoms with Crippen molar-refractivity contribution in [1.82, 2.24) is 43.7 Å². The fraction of sp³-hybridized carbons (Fsp3) is 0.111. The van der Waals surface area contributed by atoms with Gasteiger partial charge in [-0.05, 0) is 73.8 Å². The van der Waals surface area contributed by atoms with Crippen LogP contribution in [-0.2, 0) is 9.84 Å². The lowest BCUT2D eigenvalue weighted by Gasteiger charge is -2.07. The van der Waals surface area contributed by atoms with Crippen LogP contribution in [0.15, 0.2) is 108 Å². The van der Waals surface area contributed by atoms with Gasteiger partial charge in [0.05, 0.1) is 46.1 Å². The molecule has 8 rings (SSSR count). The number of rotatable bonds is 6. The number of hydrogen-bond acceptors (Lipinski definition) is 11. The molecule has 0 saturated carbocycles. The van der Waals surface area contributed by atoms with Crippen molar-refractivity contribution in [3.8, 4) is 45.3 Å². The molecule has 53 heavy (non-hydrogen) atoms. The molecule has 6 heterocycles. The molecule has 0 aliphatic carbocycles. The minimum Gasteiger partial charge on any atom is -0.618 e. The van der Waals surface area contributed by atoms with Crippen LogP contribution in [0.5, 0.6) is 0 Å². The number of hydrogen-bond donors (Lipinski definition) is 0. The molecule has 0 aliphatic rings. The summed E-state index contributed by atoms with van der Waals surface area (Å²) in [5, 5.41) is 12.3. The van der Waals surface area contributed by atoms with Gasteiger partial charge in [0.2, 0.25) is 26.3 Å². The highest BCUT2D eigenvalue weighted by Gasteiger charge is 2.23. The Morgan fingerprint density at radius 1 is 0.698 bits per heavy atom. The molecule has 8 aromatic rings. The molecular formula is C36H28F2N10O3S2. The Balaban J connectivity index is 0.000000165. The van der Waals surface area contributed by atoms with Gasteiger partial charge >= 0.3 is 0 Å². The van der Waals surface area contributed by atoms with Crippen molar-refractivity contribution in [2.75, 3.05) is 12.5 Å². The van der Waals surface area contributed by atoms with Gasteiger partial charge in [0, 0.05) is 49.1 Å². The molecule has 0 spiro atoms. The molecule has 0 saturated heterocycles. The van der Waals surface area contributed by atoms with E-state index in [1.165, 1.54) is 54.6 Å². The van der Waals surface area contributed by atoms with E-state index in [4.69, 9.17) is 4.98 Å². The molecule has 0 atom stereocenters. The van der Waals surface area contributed by atoms with Crippen LogP contribution in [-0.4, -0.2) is 64.6 Å². The summed E-state index contributed by atoms with van der Waals surface area (Å²) in [5.74, 6) is -0.678. The van der Waals surface area contributed by atoms with Gasteiger partial charge in [-0.1, -0.05) is 11.8 Å². The maximum absolute atomic E-state index is 13.4. The highest BCUT2D eigenvalue weighted by Crippen LogP contribution is 2.34. The van der Waals surface area contributed by atoms with Crippen LogP contribution < -0.4 is 4.73 Å². The summed E-state index contributed by atoms with van der Waals surface area (Å²) in [5.41, 5.74) is 7.28. The molecular weight excluding hydrogens is 723 g/mol. The van der Waals surface area contributed by atoms with E-state index in [2.05, 4.69) is 29.9 Å². The van der Waals surface area contributed by atoms with Crippen molar-refractivity contribution >= 4 is 32.9 Å². The topological polar surface area (TPSA) is 160 Å². The molecule has 0 aliphatic heterocycles. The number of fused-ring (bicyclic) bond motifs is 2. The standard InChI is InChI=1S/C18H14FN5O3S.C18H14FN5S/c1-11-17-22-15(12-3-5-13(19)6-4-12)16(23(17)9-10-24(11)25)14-7-8-20-18(21-14)28(2,26)27;1-11-17-23-15(12-3-5-13(19)6-4-12)16(24(17)10-9-20-11)14-7-8-21-18(22-14)25-2/h3-10H,1-2H3;3-10H,1-2H3. The van der Waals surface area contributed by atoms with Crippen LogP contribution in [0, 0.1) is 30.7 Å². The SMILES string of the molecule is CSc1nccc(-c2c(-c3ccc(F)cc3)nc3c(C)nccn23)n1.Cc1c2nc(-c3ccc(F)cc3)c(-c3ccnc(S(C)(=O)=O)n3)n2cc[n+]1[O-]. The maximum Gasteiger partial charge on any atom is 0.247 e. The quantitative estimate of drug-likeness (QED) is 0.0853. The van der Waals surface area contributed by atoms with Crippen LogP contribution in [0.2, 0.25) is 0 Å². The summed E-state index contributed by atoms with van der Waals surface area (Å²) >= 11 is 1.48. The van der Waals surface area contributed by atoms with Gasteiger partial charge in [-0.3, -0.25) is 13.8 Å². The fourth-order valence-corrected chi connectivity index (χ4v) is 6.48. The van der Waals surface area contributed by atoms with Crippen molar-refractivity contribution in [3.05, 3.63) is 126 Å². The monoisotopic (exact) mass is 750 g/mol. The molecule has 0 amide bonds. The van der Waals surface area contributed by atoms with Gasteiger partial charge < -0.3 is 5.21 Å². The summed E-state index contributed by atoms with van der Waals surface area (Å²) in [6.07, 6.45) is 12.5. The van der Waals surface area contributed by atoms with Crippen LogP contribution in [0.1, 0.15) is 11.4 Å². The molecule has 0 unspecified atom stereocenters. The van der Waals surface area contributed by atoms with Crippen molar-refractivity contribution in [1.29, 1.82) is 0 Å². The van der Waals surface area contributed by atoms with Crippen LogP contribution in [0.3, 0.4) is 0 Å². The molecule has 266 valence electrons. The van der Waals surface area contributed by atoms with E-state index < -0.39 is 15.7 Å². The van der Waals surface area contributed by atoms with Crippen LogP contribution in [0.25, 0.3) is 56.6 Å². The lowest BCUT2D eigenvalue weighted by Crippen LogP contribution is -2.30. The highest BCUT2D eigenvalue weighted by molar-refractivity contribution is 7.98. The second-order valence-corrected chi connectivity index (χ2v) is 14.3. The molecule has 0 fully saturated rings. The number of nitrogens with zero attached hydrogens (tertiary/aromatic N) is 10. The first-order valence-corrected chi connectivity index (χ1v) is 18.9. The number of halogens is 2. The third-order valence-electron chi connectivity index (χ3n) is 8.14. The highest BCUT2D eigenvalue weighted by atomic mass is 32.2. The van der Waals surface area contributed by atoms with E-state index in [0.717, 1.165) is 40.2 Å². The summed E-state index contributed by atoms with van der Waals surface area (Å²) in [6, 6.07) is 15.4. The third-order valence-corrected chi connectivity index (χ3v) is 9.56. The van der Waals surface area contributed by atoms with E-state index in [1.54, 1.807) is 54.0 Å². The minimum absolute atomic E-state index is 0.279. The van der Waals surface area contributed by atoms with E-state index in [9.17, 15) is 22.4 Å². The van der Waals surface area contributed by atoms with E-state index in [0.29, 0.717) is 43.9 Å². The van der Waals surface area contributed by atoms with Crippen molar-refractivity contribution in [3.63, 3.8) is 0 Å². The van der Waals surface area contributed by atoms with E-state index >= 15 is 0 Å². The van der Waals surface area contributed by atoms with Crippen molar-refractivity contribution in [2.45, 2.75) is 24.2 Å². The largest absolute Gasteiger partial charge is 0.618 e. The molecule has 0 N–H and O–H groups in total. The second kappa shape index (κ2) is 14.1. The maximum atomic E-state index is 13.4. The van der Waals surface area contributed by atoms with Gasteiger partial charge in [0.1, 0.15) is 11.6 Å². The Hall–Kier alpha value is -6.20. The van der Waals surface area contributed by atoms with Crippen molar-refractivity contribution < 1.29 is 21.9 Å². The van der Waals surface area contributed by atoms with Crippen LogP contribution in [0.4, 0.5) is 8.78 Å². The first kappa shape index (κ1) is 35.2. The zero-order valence-corrected chi connectivity index (χ0v) is 30.1. The predicted molar refractivity (Wildman–Crippen MR) is 194 cm³/mol. The molecule has 6 aromatic heterocycles. The van der Waals surface area contributed by atoms with Gasteiger partial charge in [-0.25, -0.2) is 47.1 Å². The van der Waals surface area contributed by atoms with Crippen LogP contribution >= 0.6 is 11.8 Å². The summed E-state index contributed by atoms with van der Waals surface area (Å²) < 4.78 is 54.8.